The van der Waals surface area contributed by atoms with Crippen molar-refractivity contribution in [2.45, 2.75) is 71.1 Å². The Morgan fingerprint density at radius 3 is 1.87 bits per heavy atom. The van der Waals surface area contributed by atoms with E-state index in [2.05, 4.69) is 6.92 Å². The van der Waals surface area contributed by atoms with Gasteiger partial charge in [-0.2, -0.15) is 0 Å². The van der Waals surface area contributed by atoms with Gasteiger partial charge in [0.25, 0.3) is 5.97 Å². The molecule has 0 amide bonds. The van der Waals surface area contributed by atoms with E-state index in [0.29, 0.717) is 16.9 Å². The van der Waals surface area contributed by atoms with Gasteiger partial charge in [0.15, 0.2) is 0 Å². The summed E-state index contributed by atoms with van der Waals surface area (Å²) in [4.78, 5) is 10.8. The van der Waals surface area contributed by atoms with Crippen LogP contribution in [-0.4, -0.2) is 16.5 Å². The highest BCUT2D eigenvalue weighted by atomic mass is 28.2. The third-order valence-electron chi connectivity index (χ3n) is 2.71. The Kier molecular flexibility index (Phi) is 11.5. The van der Waals surface area contributed by atoms with Gasteiger partial charge in [0.1, 0.15) is 0 Å². The van der Waals surface area contributed by atoms with Crippen LogP contribution < -0.4 is 0 Å². The summed E-state index contributed by atoms with van der Waals surface area (Å²) in [5.74, 6) is -0.00962. The zero-order valence-corrected chi connectivity index (χ0v) is 12.4. The molecule has 0 unspecified atom stereocenters. The highest BCUT2D eigenvalue weighted by Gasteiger charge is 1.98. The molecule has 0 atom stereocenters. The zero-order chi connectivity index (χ0) is 11.4. The van der Waals surface area contributed by atoms with Crippen molar-refractivity contribution in [2.75, 3.05) is 0 Å². The fraction of sp³-hybridized carbons (Fsp3) is 0.917. The van der Waals surface area contributed by atoms with Gasteiger partial charge < -0.3 is 4.43 Å². The molecule has 2 nitrogen and oxygen atoms in total. The molecule has 0 saturated heterocycles. The molecule has 0 bridgehead atoms. The largest absolute Gasteiger partial charge is 0.529 e. The lowest BCUT2D eigenvalue weighted by Crippen LogP contribution is -2.00. The second kappa shape index (κ2) is 11.8. The molecule has 3 heteroatoms. The van der Waals surface area contributed by atoms with Gasteiger partial charge in [-0.25, -0.2) is 0 Å². The molecule has 15 heavy (non-hydrogen) atoms. The maximum Gasteiger partial charge on any atom is 0.291 e. The number of carbonyl (C=O) groups excluding carboxylic acids is 1. The number of hydrogen-bond acceptors (Lipinski definition) is 2. The SMILES string of the molecule is CCCCCCCCCCCC(=O)O[SiH3]. The zero-order valence-electron chi connectivity index (χ0n) is 10.4. The van der Waals surface area contributed by atoms with Crippen molar-refractivity contribution in [3.8, 4) is 0 Å². The first kappa shape index (κ1) is 14.7. The lowest BCUT2D eigenvalue weighted by molar-refractivity contribution is -0.134. The van der Waals surface area contributed by atoms with E-state index >= 15 is 0 Å². The molecule has 0 aromatic rings. The summed E-state index contributed by atoms with van der Waals surface area (Å²) in [7, 11) is 0.544. The summed E-state index contributed by atoms with van der Waals surface area (Å²) in [5.41, 5.74) is 0. The lowest BCUT2D eigenvalue weighted by Gasteiger charge is -2.01. The van der Waals surface area contributed by atoms with Gasteiger partial charge in [0.2, 0.25) is 10.5 Å². The van der Waals surface area contributed by atoms with E-state index in [-0.39, 0.29) is 5.97 Å². The molecule has 90 valence electrons. The molecule has 0 aliphatic carbocycles. The molecular formula is C12H26O2Si. The van der Waals surface area contributed by atoms with Crippen molar-refractivity contribution >= 4 is 16.5 Å². The van der Waals surface area contributed by atoms with Gasteiger partial charge in [0, 0.05) is 6.42 Å². The number of rotatable bonds is 10. The van der Waals surface area contributed by atoms with Crippen molar-refractivity contribution in [1.29, 1.82) is 0 Å². The predicted octanol–water partition coefficient (Wildman–Crippen LogP) is 2.73. The van der Waals surface area contributed by atoms with E-state index in [4.69, 9.17) is 4.43 Å². The molecule has 0 spiro atoms. The second-order valence-electron chi connectivity index (χ2n) is 4.15. The van der Waals surface area contributed by atoms with E-state index < -0.39 is 0 Å². The average molecular weight is 230 g/mol. The minimum atomic E-state index is -0.00962. The molecular weight excluding hydrogens is 204 g/mol. The molecule has 0 aliphatic rings. The van der Waals surface area contributed by atoms with Gasteiger partial charge in [-0.05, 0) is 6.42 Å². The maximum atomic E-state index is 10.8. The molecule has 0 N–H and O–H groups in total. The molecule has 0 saturated carbocycles. The van der Waals surface area contributed by atoms with Gasteiger partial charge in [-0.1, -0.05) is 58.3 Å². The van der Waals surface area contributed by atoms with Gasteiger partial charge in [-0.15, -0.1) is 0 Å². The van der Waals surface area contributed by atoms with Crippen LogP contribution in [0.3, 0.4) is 0 Å². The summed E-state index contributed by atoms with van der Waals surface area (Å²) in [6, 6.07) is 0. The summed E-state index contributed by atoms with van der Waals surface area (Å²) in [6.07, 6.45) is 12.3. The summed E-state index contributed by atoms with van der Waals surface area (Å²) in [5, 5.41) is 0. The molecule has 0 fully saturated rings. The Bertz CT molecular complexity index is 149. The van der Waals surface area contributed by atoms with Crippen molar-refractivity contribution < 1.29 is 9.22 Å². The van der Waals surface area contributed by atoms with Crippen molar-refractivity contribution in [3.05, 3.63) is 0 Å². The standard InChI is InChI=1S/C12H26O2Si/c1-2-3-4-5-6-7-8-9-10-11-12(13)14-15/h2-11H2,1,15H3. The van der Waals surface area contributed by atoms with Crippen molar-refractivity contribution in [1.82, 2.24) is 0 Å². The Balaban J connectivity index is 2.95. The molecule has 0 radical (unpaired) electrons. The quantitative estimate of drug-likeness (QED) is 0.426. The minimum absolute atomic E-state index is 0.00962. The maximum absolute atomic E-state index is 10.8. The average Bonchev–Trinajstić information content (AvgIpc) is 2.26. The molecule has 0 aliphatic heterocycles. The molecule has 0 aromatic carbocycles. The Labute approximate surface area is 97.3 Å². The van der Waals surface area contributed by atoms with Crippen LogP contribution in [0.25, 0.3) is 0 Å². The van der Waals surface area contributed by atoms with Crippen molar-refractivity contribution in [2.24, 2.45) is 0 Å². The fourth-order valence-electron chi connectivity index (χ4n) is 1.68. The van der Waals surface area contributed by atoms with Crippen LogP contribution in [0.4, 0.5) is 0 Å². The highest BCUT2D eigenvalue weighted by Crippen LogP contribution is 2.10. The lowest BCUT2D eigenvalue weighted by atomic mass is 10.1. The molecule has 0 rings (SSSR count). The number of hydrogen-bond donors (Lipinski definition) is 0. The van der Waals surface area contributed by atoms with Crippen LogP contribution in [0, 0.1) is 0 Å². The number of unbranched alkanes of at least 4 members (excludes halogenated alkanes) is 8. The molecule has 0 aromatic heterocycles. The fourth-order valence-corrected chi connectivity index (χ4v) is 1.89. The molecule has 0 heterocycles. The van der Waals surface area contributed by atoms with E-state index in [9.17, 15) is 4.79 Å². The third-order valence-corrected chi connectivity index (χ3v) is 3.17. The van der Waals surface area contributed by atoms with Crippen LogP contribution in [0.5, 0.6) is 0 Å². The monoisotopic (exact) mass is 230 g/mol. The van der Waals surface area contributed by atoms with Crippen LogP contribution >= 0.6 is 0 Å². The Morgan fingerprint density at radius 2 is 1.40 bits per heavy atom. The second-order valence-corrected chi connectivity index (χ2v) is 4.56. The van der Waals surface area contributed by atoms with E-state index in [1.165, 1.54) is 51.4 Å². The minimum Gasteiger partial charge on any atom is -0.529 e. The Morgan fingerprint density at radius 1 is 0.933 bits per heavy atom. The van der Waals surface area contributed by atoms with Gasteiger partial charge in [-0.3, -0.25) is 4.79 Å². The van der Waals surface area contributed by atoms with Crippen LogP contribution in [-0.2, 0) is 9.22 Å². The topological polar surface area (TPSA) is 26.3 Å². The normalized spacial score (nSPS) is 10.5. The van der Waals surface area contributed by atoms with Gasteiger partial charge >= 0.3 is 0 Å². The predicted molar refractivity (Wildman–Crippen MR) is 67.9 cm³/mol. The highest BCUT2D eigenvalue weighted by molar-refractivity contribution is 6.05. The van der Waals surface area contributed by atoms with Crippen LogP contribution in [0.15, 0.2) is 0 Å². The third kappa shape index (κ3) is 11.6. The van der Waals surface area contributed by atoms with Crippen LogP contribution in [0.1, 0.15) is 71.1 Å². The summed E-state index contributed by atoms with van der Waals surface area (Å²) in [6.45, 7) is 2.25. The van der Waals surface area contributed by atoms with Crippen LogP contribution in [0.2, 0.25) is 0 Å². The first-order valence-corrected chi connectivity index (χ1v) is 7.19. The first-order chi connectivity index (χ1) is 7.31. The van der Waals surface area contributed by atoms with E-state index in [1.807, 2.05) is 0 Å². The smallest absolute Gasteiger partial charge is 0.291 e. The number of carbonyl (C=O) groups is 1. The first-order valence-electron chi connectivity index (χ1n) is 6.38. The van der Waals surface area contributed by atoms with Gasteiger partial charge in [0.05, 0.1) is 0 Å². The van der Waals surface area contributed by atoms with E-state index in [1.54, 1.807) is 0 Å². The van der Waals surface area contributed by atoms with E-state index in [0.717, 1.165) is 6.42 Å². The Hall–Kier alpha value is -0.313. The van der Waals surface area contributed by atoms with Crippen molar-refractivity contribution in [3.63, 3.8) is 0 Å². The summed E-state index contributed by atoms with van der Waals surface area (Å²) < 4.78 is 4.72. The summed E-state index contributed by atoms with van der Waals surface area (Å²) >= 11 is 0.